The van der Waals surface area contributed by atoms with Crippen molar-refractivity contribution in [3.8, 4) is 0 Å². The summed E-state index contributed by atoms with van der Waals surface area (Å²) in [5.41, 5.74) is 2.89. The Morgan fingerprint density at radius 3 is 2.48 bits per heavy atom. The summed E-state index contributed by atoms with van der Waals surface area (Å²) in [6, 6.07) is 4.38. The number of halogens is 1. The van der Waals surface area contributed by atoms with Gasteiger partial charge in [0.15, 0.2) is 0 Å². The fourth-order valence-electron chi connectivity index (χ4n) is 4.41. The van der Waals surface area contributed by atoms with Gasteiger partial charge in [0, 0.05) is 15.5 Å². The molecular weight excluding hydrogens is 326 g/mol. The van der Waals surface area contributed by atoms with Gasteiger partial charge in [0.1, 0.15) is 0 Å². The Balaban J connectivity index is 2.10. The number of aliphatic hydroxyl groups is 1. The molecule has 0 radical (unpaired) electrons. The maximum Gasteiger partial charge on any atom is 0.0992 e. The number of rotatable bonds is 1. The van der Waals surface area contributed by atoms with Crippen molar-refractivity contribution in [3.05, 3.63) is 33.3 Å². The molecule has 0 bridgehead atoms. The topological polar surface area (TPSA) is 23.5 Å². The van der Waals surface area contributed by atoms with Gasteiger partial charge in [-0.15, -0.1) is 0 Å². The normalized spacial score (nSPS) is 29.6. The van der Waals surface area contributed by atoms with E-state index in [9.17, 15) is 5.11 Å². The van der Waals surface area contributed by atoms with E-state index in [0.29, 0.717) is 5.92 Å². The molecule has 1 unspecified atom stereocenters. The highest BCUT2D eigenvalue weighted by Crippen LogP contribution is 2.58. The van der Waals surface area contributed by atoms with Gasteiger partial charge in [0.2, 0.25) is 0 Å². The third-order valence-electron chi connectivity index (χ3n) is 5.78. The molecule has 1 aromatic rings. The molecule has 1 fully saturated rings. The van der Waals surface area contributed by atoms with Crippen molar-refractivity contribution in [3.63, 3.8) is 0 Å². The van der Waals surface area contributed by atoms with Gasteiger partial charge in [-0.1, -0.05) is 41.9 Å². The molecule has 1 saturated heterocycles. The van der Waals surface area contributed by atoms with Crippen LogP contribution in [0.3, 0.4) is 0 Å². The molecular formula is C18H26BrNO. The number of benzene rings is 1. The Kier molecular flexibility index (Phi) is 3.75. The zero-order valence-electron chi connectivity index (χ0n) is 13.5. The number of hydrogen-bond donors (Lipinski definition) is 1. The average Bonchev–Trinajstić information content (AvgIpc) is 2.63. The van der Waals surface area contributed by atoms with Gasteiger partial charge in [-0.3, -0.25) is 0 Å². The molecule has 1 atom stereocenters. The molecule has 116 valence electrons. The van der Waals surface area contributed by atoms with Gasteiger partial charge in [-0.25, -0.2) is 0 Å². The van der Waals surface area contributed by atoms with Crippen LogP contribution in [0.25, 0.3) is 0 Å². The Bertz CT molecular complexity index is 561. The van der Waals surface area contributed by atoms with Crippen LogP contribution in [0.4, 0.5) is 0 Å². The number of likely N-dealkylation sites (tertiary alicyclic amines) is 1. The summed E-state index contributed by atoms with van der Waals surface area (Å²) in [4.78, 5) is 2.37. The minimum absolute atomic E-state index is 0.105. The summed E-state index contributed by atoms with van der Waals surface area (Å²) in [7, 11) is 2.17. The molecule has 2 nitrogen and oxygen atoms in total. The maximum atomic E-state index is 11.8. The van der Waals surface area contributed by atoms with Crippen molar-refractivity contribution >= 4 is 15.9 Å². The second-order valence-electron chi connectivity index (χ2n) is 7.64. The molecule has 0 saturated carbocycles. The van der Waals surface area contributed by atoms with Crippen LogP contribution in [0.5, 0.6) is 0 Å². The highest BCUT2D eigenvalue weighted by Gasteiger charge is 2.56. The van der Waals surface area contributed by atoms with Gasteiger partial charge in [-0.05, 0) is 63.4 Å². The molecule has 2 aliphatic rings. The molecule has 0 spiro atoms. The molecule has 1 N–H and O–H groups in total. The third-order valence-corrected chi connectivity index (χ3v) is 6.80. The minimum Gasteiger partial charge on any atom is -0.384 e. The Hall–Kier alpha value is -0.380. The van der Waals surface area contributed by atoms with Crippen molar-refractivity contribution in [1.82, 2.24) is 4.90 Å². The van der Waals surface area contributed by atoms with Crippen LogP contribution in [0, 0.1) is 18.3 Å². The first kappa shape index (κ1) is 15.5. The van der Waals surface area contributed by atoms with E-state index in [1.54, 1.807) is 0 Å². The molecule has 21 heavy (non-hydrogen) atoms. The van der Waals surface area contributed by atoms with Crippen molar-refractivity contribution in [2.45, 2.75) is 45.6 Å². The zero-order chi connectivity index (χ0) is 15.4. The van der Waals surface area contributed by atoms with Gasteiger partial charge in [-0.2, -0.15) is 0 Å². The van der Waals surface area contributed by atoms with Crippen LogP contribution < -0.4 is 0 Å². The highest BCUT2D eigenvalue weighted by molar-refractivity contribution is 9.10. The minimum atomic E-state index is -0.714. The second kappa shape index (κ2) is 5.07. The number of piperidine rings is 1. The van der Waals surface area contributed by atoms with E-state index in [0.717, 1.165) is 36.8 Å². The molecule has 1 aliphatic heterocycles. The number of aryl methyl sites for hydroxylation is 1. The van der Waals surface area contributed by atoms with Gasteiger partial charge in [0.25, 0.3) is 0 Å². The van der Waals surface area contributed by atoms with Crippen LogP contribution in [0.2, 0.25) is 0 Å². The molecule has 1 heterocycles. The monoisotopic (exact) mass is 351 g/mol. The first-order valence-electron chi connectivity index (χ1n) is 7.97. The van der Waals surface area contributed by atoms with Crippen LogP contribution in [0.1, 0.15) is 43.4 Å². The van der Waals surface area contributed by atoms with Crippen molar-refractivity contribution in [2.75, 3.05) is 20.1 Å². The quantitative estimate of drug-likeness (QED) is 0.829. The van der Waals surface area contributed by atoms with E-state index in [1.807, 2.05) is 0 Å². The predicted octanol–water partition coefficient (Wildman–Crippen LogP) is 3.87. The Morgan fingerprint density at radius 1 is 1.24 bits per heavy atom. The lowest BCUT2D eigenvalue weighted by Crippen LogP contribution is -2.49. The number of fused-ring (bicyclic) bond motifs is 1. The lowest BCUT2D eigenvalue weighted by molar-refractivity contribution is -0.122. The van der Waals surface area contributed by atoms with Gasteiger partial charge in [0.05, 0.1) is 5.60 Å². The van der Waals surface area contributed by atoms with E-state index in [1.165, 1.54) is 16.7 Å². The second-order valence-corrected chi connectivity index (χ2v) is 8.43. The summed E-state index contributed by atoms with van der Waals surface area (Å²) in [6.45, 7) is 8.74. The molecule has 1 aliphatic carbocycles. The maximum absolute atomic E-state index is 11.8. The molecule has 0 amide bonds. The van der Waals surface area contributed by atoms with E-state index in [-0.39, 0.29) is 5.41 Å². The van der Waals surface area contributed by atoms with E-state index >= 15 is 0 Å². The van der Waals surface area contributed by atoms with Crippen molar-refractivity contribution < 1.29 is 5.11 Å². The predicted molar refractivity (Wildman–Crippen MR) is 90.5 cm³/mol. The fourth-order valence-corrected chi connectivity index (χ4v) is 5.10. The SMILES string of the molecule is Cc1ccc2c(c1Br)C(O)(C1CCN(C)CC1)C(C)(C)C2. The third kappa shape index (κ3) is 2.20. The van der Waals surface area contributed by atoms with Crippen LogP contribution >= 0.6 is 15.9 Å². The van der Waals surface area contributed by atoms with Crippen LogP contribution in [-0.2, 0) is 12.0 Å². The Labute approximate surface area is 136 Å². The lowest BCUT2D eigenvalue weighted by atomic mass is 9.65. The smallest absolute Gasteiger partial charge is 0.0992 e. The molecule has 1 aromatic carbocycles. The summed E-state index contributed by atoms with van der Waals surface area (Å²) >= 11 is 3.77. The van der Waals surface area contributed by atoms with E-state index in [4.69, 9.17) is 0 Å². The van der Waals surface area contributed by atoms with Gasteiger partial charge >= 0.3 is 0 Å². The number of nitrogens with zero attached hydrogens (tertiary/aromatic N) is 1. The lowest BCUT2D eigenvalue weighted by Gasteiger charge is -2.47. The van der Waals surface area contributed by atoms with Gasteiger partial charge < -0.3 is 10.0 Å². The zero-order valence-corrected chi connectivity index (χ0v) is 15.1. The average molecular weight is 352 g/mol. The molecule has 3 heteroatoms. The number of hydrogen-bond acceptors (Lipinski definition) is 2. The summed E-state index contributed by atoms with van der Waals surface area (Å²) in [5.74, 6) is 0.350. The van der Waals surface area contributed by atoms with E-state index in [2.05, 4.69) is 60.8 Å². The molecule has 0 aromatic heterocycles. The standard InChI is InChI=1S/C18H26BrNO/c1-12-5-6-13-11-17(2,3)18(21,15(13)16(12)19)14-7-9-20(4)10-8-14/h5-6,14,21H,7-11H2,1-4H3. The first-order valence-corrected chi connectivity index (χ1v) is 8.76. The largest absolute Gasteiger partial charge is 0.384 e. The van der Waals surface area contributed by atoms with Crippen LogP contribution in [0.15, 0.2) is 16.6 Å². The van der Waals surface area contributed by atoms with E-state index < -0.39 is 5.60 Å². The van der Waals surface area contributed by atoms with Crippen molar-refractivity contribution in [1.29, 1.82) is 0 Å². The van der Waals surface area contributed by atoms with Crippen LogP contribution in [-0.4, -0.2) is 30.1 Å². The summed E-state index contributed by atoms with van der Waals surface area (Å²) in [6.07, 6.45) is 3.12. The molecule has 3 rings (SSSR count). The fraction of sp³-hybridized carbons (Fsp3) is 0.667. The summed E-state index contributed by atoms with van der Waals surface area (Å²) in [5, 5.41) is 11.8. The van der Waals surface area contributed by atoms with Crippen molar-refractivity contribution in [2.24, 2.45) is 11.3 Å². The highest BCUT2D eigenvalue weighted by atomic mass is 79.9. The summed E-state index contributed by atoms with van der Waals surface area (Å²) < 4.78 is 1.12. The Morgan fingerprint density at radius 2 is 1.86 bits per heavy atom. The first-order chi connectivity index (χ1) is 9.77.